The average molecular weight is 143 g/mol. The highest BCUT2D eigenvalue weighted by Gasteiger charge is 2.07. The molecule has 0 fully saturated rings. The second kappa shape index (κ2) is 1.98. The van der Waals surface area contributed by atoms with Crippen molar-refractivity contribution in [3.05, 3.63) is 10.5 Å². The minimum atomic E-state index is -0.787. The summed E-state index contributed by atoms with van der Waals surface area (Å²) in [7, 11) is 0. The highest BCUT2D eigenvalue weighted by Crippen LogP contribution is 1.89. The third kappa shape index (κ3) is 0.903. The van der Waals surface area contributed by atoms with Gasteiger partial charge >= 0.3 is 11.7 Å². The van der Waals surface area contributed by atoms with Gasteiger partial charge in [-0.25, -0.2) is 4.79 Å². The van der Waals surface area contributed by atoms with E-state index in [1.807, 2.05) is 0 Å². The maximum Gasteiger partial charge on any atom is 0.389 e. The minimum absolute atomic E-state index is 0.305. The zero-order valence-corrected chi connectivity index (χ0v) is 5.20. The smallest absolute Gasteiger partial charge is 0.351 e. The molecule has 6 heteroatoms. The summed E-state index contributed by atoms with van der Waals surface area (Å²) >= 11 is 0. The van der Waals surface area contributed by atoms with Crippen molar-refractivity contribution in [2.24, 2.45) is 0 Å². The molecule has 0 spiro atoms. The van der Waals surface area contributed by atoms with Crippen molar-refractivity contribution in [1.82, 2.24) is 9.72 Å². The predicted molar refractivity (Wildman–Crippen MR) is 31.5 cm³/mol. The fourth-order valence-corrected chi connectivity index (χ4v) is 0.492. The maximum absolute atomic E-state index is 10.5. The maximum atomic E-state index is 10.5. The molecule has 0 bridgehead atoms. The highest BCUT2D eigenvalue weighted by atomic mass is 16.5. The van der Waals surface area contributed by atoms with Gasteiger partial charge in [0.25, 0.3) is 5.91 Å². The number of nitrogens with two attached hydrogens (primary N) is 1. The largest absolute Gasteiger partial charge is 0.389 e. The van der Waals surface area contributed by atoms with Gasteiger partial charge < -0.3 is 10.3 Å². The zero-order chi connectivity index (χ0) is 7.72. The molecule has 6 nitrogen and oxygen atoms in total. The van der Waals surface area contributed by atoms with Crippen LogP contribution in [0.2, 0.25) is 0 Å². The van der Waals surface area contributed by atoms with Crippen molar-refractivity contribution in [1.29, 1.82) is 0 Å². The van der Waals surface area contributed by atoms with E-state index in [4.69, 9.17) is 5.73 Å². The molecule has 0 aromatic carbocycles. The van der Waals surface area contributed by atoms with Crippen LogP contribution in [0.3, 0.4) is 0 Å². The number of hydrogen-bond donors (Lipinski definition) is 1. The van der Waals surface area contributed by atoms with Crippen LogP contribution >= 0.6 is 0 Å². The quantitative estimate of drug-likeness (QED) is 0.507. The van der Waals surface area contributed by atoms with Gasteiger partial charge in [0.1, 0.15) is 0 Å². The molecule has 0 saturated heterocycles. The normalized spacial score (nSPS) is 9.70. The lowest BCUT2D eigenvalue weighted by Gasteiger charge is -1.85. The van der Waals surface area contributed by atoms with Gasteiger partial charge in [-0.15, -0.1) is 4.98 Å². The number of hydrogen-bond acceptors (Lipinski definition) is 5. The van der Waals surface area contributed by atoms with Crippen LogP contribution in [0.25, 0.3) is 0 Å². The Labute approximate surface area is 55.2 Å². The SMILES string of the molecule is CC(=O)n1oc(N)nc1=O. The number of rotatable bonds is 0. The molecule has 10 heavy (non-hydrogen) atoms. The summed E-state index contributed by atoms with van der Waals surface area (Å²) < 4.78 is 4.88. The van der Waals surface area contributed by atoms with Gasteiger partial charge in [-0.1, -0.05) is 4.74 Å². The van der Waals surface area contributed by atoms with Crippen LogP contribution in [0, 0.1) is 0 Å². The van der Waals surface area contributed by atoms with Crippen LogP contribution in [-0.2, 0) is 0 Å². The summed E-state index contributed by atoms with van der Waals surface area (Å²) in [5.41, 5.74) is 4.18. The Hall–Kier alpha value is -1.59. The van der Waals surface area contributed by atoms with Crippen molar-refractivity contribution in [2.75, 3.05) is 5.73 Å². The standard InChI is InChI=1S/C4H5N3O3/c1-2(8)7-4(9)6-3(5)10-7/h1H3,(H2,5,6,9). The van der Waals surface area contributed by atoms with Crippen LogP contribution in [0.5, 0.6) is 0 Å². The van der Waals surface area contributed by atoms with Crippen molar-refractivity contribution in [3.8, 4) is 0 Å². The van der Waals surface area contributed by atoms with E-state index < -0.39 is 11.6 Å². The van der Waals surface area contributed by atoms with Crippen LogP contribution in [-0.4, -0.2) is 15.6 Å². The van der Waals surface area contributed by atoms with Crippen molar-refractivity contribution in [2.45, 2.75) is 6.92 Å². The Morgan fingerprint density at radius 3 is 2.60 bits per heavy atom. The number of carbonyl (C=O) groups is 1. The summed E-state index contributed by atoms with van der Waals surface area (Å²) in [4.78, 5) is 24.1. The lowest BCUT2D eigenvalue weighted by atomic mass is 10.7. The first-order valence-electron chi connectivity index (χ1n) is 2.48. The van der Waals surface area contributed by atoms with Crippen molar-refractivity contribution >= 4 is 11.9 Å². The third-order valence-electron chi connectivity index (χ3n) is 0.850. The van der Waals surface area contributed by atoms with Gasteiger partial charge in [-0.05, 0) is 0 Å². The van der Waals surface area contributed by atoms with E-state index in [1.54, 1.807) is 0 Å². The van der Waals surface area contributed by atoms with E-state index in [9.17, 15) is 9.59 Å². The second-order valence-electron chi connectivity index (χ2n) is 1.64. The lowest BCUT2D eigenvalue weighted by Crippen LogP contribution is -2.20. The summed E-state index contributed by atoms with van der Waals surface area (Å²) in [5, 5.41) is 0. The van der Waals surface area contributed by atoms with Gasteiger partial charge in [0.15, 0.2) is 0 Å². The molecule has 0 amide bonds. The molecular weight excluding hydrogens is 138 g/mol. The Kier molecular flexibility index (Phi) is 1.29. The topological polar surface area (TPSA) is 91.1 Å². The molecule has 0 atom stereocenters. The highest BCUT2D eigenvalue weighted by molar-refractivity contribution is 5.74. The van der Waals surface area contributed by atoms with Crippen molar-refractivity contribution in [3.63, 3.8) is 0 Å². The van der Waals surface area contributed by atoms with Gasteiger partial charge in [0, 0.05) is 6.92 Å². The number of nitrogens with zero attached hydrogens (tertiary/aromatic N) is 2. The van der Waals surface area contributed by atoms with E-state index in [-0.39, 0.29) is 6.01 Å². The molecule has 1 aromatic rings. The molecule has 1 rings (SSSR count). The van der Waals surface area contributed by atoms with Crippen LogP contribution in [0.4, 0.5) is 6.01 Å². The zero-order valence-electron chi connectivity index (χ0n) is 5.20. The Balaban J connectivity index is 3.29. The summed E-state index contributed by atoms with van der Waals surface area (Å²) in [6.45, 7) is 1.17. The lowest BCUT2D eigenvalue weighted by molar-refractivity contribution is 0.0819. The molecule has 0 unspecified atom stereocenters. The molecule has 1 aromatic heterocycles. The molecule has 0 saturated carbocycles. The Bertz CT molecular complexity index is 310. The first-order chi connectivity index (χ1) is 4.61. The molecule has 54 valence electrons. The number of carbonyl (C=O) groups excluding carboxylic acids is 1. The summed E-state index contributed by atoms with van der Waals surface area (Å²) in [6.07, 6.45) is 0. The van der Waals surface area contributed by atoms with E-state index in [2.05, 4.69) is 9.51 Å². The Morgan fingerprint density at radius 1 is 1.80 bits per heavy atom. The van der Waals surface area contributed by atoms with Crippen LogP contribution < -0.4 is 11.4 Å². The molecule has 0 radical (unpaired) electrons. The summed E-state index contributed by atoms with van der Waals surface area (Å²) in [6, 6.07) is -0.305. The summed E-state index contributed by atoms with van der Waals surface area (Å²) in [5.74, 6) is -0.547. The molecule has 2 N–H and O–H groups in total. The van der Waals surface area contributed by atoms with E-state index in [1.165, 1.54) is 6.92 Å². The van der Waals surface area contributed by atoms with Gasteiger partial charge in [0.2, 0.25) is 0 Å². The Morgan fingerprint density at radius 2 is 2.40 bits per heavy atom. The fourth-order valence-electron chi connectivity index (χ4n) is 0.492. The molecule has 0 aliphatic heterocycles. The number of aromatic nitrogens is 2. The number of nitrogen functional groups attached to an aromatic ring is 1. The van der Waals surface area contributed by atoms with E-state index in [0.29, 0.717) is 4.74 Å². The van der Waals surface area contributed by atoms with Crippen molar-refractivity contribution < 1.29 is 9.32 Å². The number of anilines is 1. The van der Waals surface area contributed by atoms with E-state index in [0.717, 1.165) is 0 Å². The van der Waals surface area contributed by atoms with Gasteiger partial charge in [-0.3, -0.25) is 4.79 Å². The molecule has 0 aliphatic rings. The molecular formula is C4H5N3O3. The molecule has 1 heterocycles. The first kappa shape index (κ1) is 6.53. The van der Waals surface area contributed by atoms with Gasteiger partial charge in [-0.2, -0.15) is 0 Å². The predicted octanol–water partition coefficient (Wildman–Crippen LogP) is -0.921. The minimum Gasteiger partial charge on any atom is -0.351 e. The van der Waals surface area contributed by atoms with Crippen LogP contribution in [0.1, 0.15) is 11.7 Å². The monoisotopic (exact) mass is 143 g/mol. The first-order valence-corrected chi connectivity index (χ1v) is 2.48. The third-order valence-corrected chi connectivity index (χ3v) is 0.850. The van der Waals surface area contributed by atoms with Crippen LogP contribution in [0.15, 0.2) is 9.32 Å². The average Bonchev–Trinajstić information content (AvgIpc) is 2.10. The van der Waals surface area contributed by atoms with E-state index >= 15 is 0 Å². The van der Waals surface area contributed by atoms with Gasteiger partial charge in [0.05, 0.1) is 0 Å². The fraction of sp³-hybridized carbons (Fsp3) is 0.250. The second-order valence-corrected chi connectivity index (χ2v) is 1.64. The molecule has 0 aliphatic carbocycles.